The molecule has 24 heavy (non-hydrogen) atoms. The maximum atomic E-state index is 12.3. The lowest BCUT2D eigenvalue weighted by molar-refractivity contribution is 0.102. The quantitative estimate of drug-likeness (QED) is 0.870. The van der Waals surface area contributed by atoms with Crippen LogP contribution in [0, 0.1) is 0 Å². The van der Waals surface area contributed by atoms with Gasteiger partial charge in [-0.15, -0.1) is 12.4 Å². The Morgan fingerprint density at radius 3 is 2.46 bits per heavy atom. The highest BCUT2D eigenvalue weighted by Gasteiger charge is 2.16. The van der Waals surface area contributed by atoms with Gasteiger partial charge in [0, 0.05) is 24.9 Å². The Kier molecular flexibility index (Phi) is 6.79. The van der Waals surface area contributed by atoms with Crippen molar-refractivity contribution in [2.45, 2.75) is 18.9 Å². The van der Waals surface area contributed by atoms with Crippen molar-refractivity contribution in [1.29, 1.82) is 0 Å². The number of carbonyl (C=O) groups is 1. The number of carbonyl (C=O) groups excluding carboxylic acids is 1. The number of benzene rings is 2. The first-order chi connectivity index (χ1) is 11.3. The molecule has 0 bridgehead atoms. The fourth-order valence-electron chi connectivity index (χ4n) is 2.90. The second kappa shape index (κ2) is 8.83. The van der Waals surface area contributed by atoms with Crippen LogP contribution in [0.1, 0.15) is 33.8 Å². The van der Waals surface area contributed by atoms with E-state index < -0.39 is 0 Å². The Morgan fingerprint density at radius 1 is 1.17 bits per heavy atom. The third-order valence-corrected chi connectivity index (χ3v) is 4.23. The molecule has 2 N–H and O–H groups in total. The van der Waals surface area contributed by atoms with Gasteiger partial charge in [-0.1, -0.05) is 24.3 Å². The molecule has 1 unspecified atom stereocenters. The molecule has 1 saturated heterocycles. The summed E-state index contributed by atoms with van der Waals surface area (Å²) in [6.07, 6.45) is 1.18. The molecule has 0 aromatic heterocycles. The van der Waals surface area contributed by atoms with E-state index in [-0.39, 0.29) is 18.3 Å². The van der Waals surface area contributed by atoms with E-state index in [1.807, 2.05) is 36.4 Å². The van der Waals surface area contributed by atoms with Crippen LogP contribution in [-0.2, 0) is 11.3 Å². The summed E-state index contributed by atoms with van der Waals surface area (Å²) in [6.45, 7) is 2.68. The molecular weight excluding hydrogens is 324 g/mol. The zero-order chi connectivity index (χ0) is 16.1. The SMILES string of the molecule is COCc1ccc(C(=O)Nc2ccc(C3CCNC3)cc2)cc1.Cl. The molecule has 5 heteroatoms. The van der Waals surface area contributed by atoms with E-state index in [0.29, 0.717) is 18.1 Å². The number of ether oxygens (including phenoxy) is 1. The lowest BCUT2D eigenvalue weighted by Gasteiger charge is -2.10. The number of rotatable bonds is 5. The van der Waals surface area contributed by atoms with Crippen molar-refractivity contribution in [3.05, 3.63) is 65.2 Å². The summed E-state index contributed by atoms with van der Waals surface area (Å²) >= 11 is 0. The number of hydrogen-bond acceptors (Lipinski definition) is 3. The van der Waals surface area contributed by atoms with Gasteiger partial charge in [0.25, 0.3) is 5.91 Å². The first-order valence-corrected chi connectivity index (χ1v) is 7.96. The van der Waals surface area contributed by atoms with Gasteiger partial charge < -0.3 is 15.4 Å². The van der Waals surface area contributed by atoms with Crippen LogP contribution >= 0.6 is 12.4 Å². The normalized spacial score (nSPS) is 16.5. The smallest absolute Gasteiger partial charge is 0.255 e. The number of nitrogens with one attached hydrogen (secondary N) is 2. The molecule has 1 amide bonds. The zero-order valence-corrected chi connectivity index (χ0v) is 14.6. The number of halogens is 1. The summed E-state index contributed by atoms with van der Waals surface area (Å²) in [6, 6.07) is 15.6. The van der Waals surface area contributed by atoms with Gasteiger partial charge in [0.05, 0.1) is 6.61 Å². The molecule has 3 rings (SSSR count). The highest BCUT2D eigenvalue weighted by molar-refractivity contribution is 6.04. The summed E-state index contributed by atoms with van der Waals surface area (Å²) in [7, 11) is 1.66. The van der Waals surface area contributed by atoms with Crippen molar-refractivity contribution >= 4 is 24.0 Å². The number of methoxy groups -OCH3 is 1. The standard InChI is InChI=1S/C19H22N2O2.ClH/c1-23-13-14-2-4-16(5-3-14)19(22)21-18-8-6-15(7-9-18)17-10-11-20-12-17;/h2-9,17,20H,10-13H2,1H3,(H,21,22);1H. The molecule has 0 radical (unpaired) electrons. The Labute approximate surface area is 149 Å². The van der Waals surface area contributed by atoms with Gasteiger partial charge in [-0.2, -0.15) is 0 Å². The number of amides is 1. The Morgan fingerprint density at radius 2 is 1.88 bits per heavy atom. The predicted octanol–water partition coefficient (Wildman–Crippen LogP) is 3.58. The first-order valence-electron chi connectivity index (χ1n) is 7.96. The van der Waals surface area contributed by atoms with E-state index in [2.05, 4.69) is 22.8 Å². The van der Waals surface area contributed by atoms with Crippen LogP contribution in [0.15, 0.2) is 48.5 Å². The van der Waals surface area contributed by atoms with Crippen molar-refractivity contribution in [3.63, 3.8) is 0 Å². The third kappa shape index (κ3) is 4.57. The van der Waals surface area contributed by atoms with Crippen molar-refractivity contribution < 1.29 is 9.53 Å². The van der Waals surface area contributed by atoms with E-state index in [0.717, 1.165) is 24.3 Å². The molecule has 0 saturated carbocycles. The number of hydrogen-bond donors (Lipinski definition) is 2. The van der Waals surface area contributed by atoms with Crippen LogP contribution in [-0.4, -0.2) is 26.1 Å². The lowest BCUT2D eigenvalue weighted by Crippen LogP contribution is -2.12. The van der Waals surface area contributed by atoms with Gasteiger partial charge in [0.1, 0.15) is 0 Å². The van der Waals surface area contributed by atoms with Crippen molar-refractivity contribution in [1.82, 2.24) is 5.32 Å². The molecule has 1 aliphatic rings. The fourth-order valence-corrected chi connectivity index (χ4v) is 2.90. The molecule has 2 aromatic carbocycles. The third-order valence-electron chi connectivity index (χ3n) is 4.23. The van der Waals surface area contributed by atoms with Gasteiger partial charge in [-0.25, -0.2) is 0 Å². The van der Waals surface area contributed by atoms with Crippen LogP contribution < -0.4 is 10.6 Å². The van der Waals surface area contributed by atoms with Gasteiger partial charge in [0.15, 0.2) is 0 Å². The maximum absolute atomic E-state index is 12.3. The highest BCUT2D eigenvalue weighted by atomic mass is 35.5. The Balaban J connectivity index is 0.00000208. The lowest BCUT2D eigenvalue weighted by atomic mass is 9.98. The summed E-state index contributed by atoms with van der Waals surface area (Å²) in [4.78, 5) is 12.3. The Bertz CT molecular complexity index is 650. The largest absolute Gasteiger partial charge is 0.380 e. The second-order valence-electron chi connectivity index (χ2n) is 5.90. The van der Waals surface area contributed by atoms with Gasteiger partial charge in [0.2, 0.25) is 0 Å². The van der Waals surface area contributed by atoms with Crippen LogP contribution in [0.4, 0.5) is 5.69 Å². The van der Waals surface area contributed by atoms with Crippen LogP contribution in [0.2, 0.25) is 0 Å². The van der Waals surface area contributed by atoms with Crippen molar-refractivity contribution in [3.8, 4) is 0 Å². The van der Waals surface area contributed by atoms with E-state index in [4.69, 9.17) is 4.74 Å². The number of anilines is 1. The van der Waals surface area contributed by atoms with Crippen LogP contribution in [0.25, 0.3) is 0 Å². The van der Waals surface area contributed by atoms with E-state index in [1.54, 1.807) is 7.11 Å². The minimum atomic E-state index is -0.0933. The molecule has 4 nitrogen and oxygen atoms in total. The molecule has 1 aliphatic heterocycles. The van der Waals surface area contributed by atoms with E-state index >= 15 is 0 Å². The van der Waals surface area contributed by atoms with E-state index in [9.17, 15) is 4.79 Å². The second-order valence-corrected chi connectivity index (χ2v) is 5.90. The predicted molar refractivity (Wildman–Crippen MR) is 99.0 cm³/mol. The van der Waals surface area contributed by atoms with E-state index in [1.165, 1.54) is 12.0 Å². The monoisotopic (exact) mass is 346 g/mol. The summed E-state index contributed by atoms with van der Waals surface area (Å²) < 4.78 is 5.07. The maximum Gasteiger partial charge on any atom is 0.255 e. The molecule has 0 spiro atoms. The van der Waals surface area contributed by atoms with Crippen LogP contribution in [0.3, 0.4) is 0 Å². The van der Waals surface area contributed by atoms with Gasteiger partial charge in [-0.3, -0.25) is 4.79 Å². The highest BCUT2D eigenvalue weighted by Crippen LogP contribution is 2.23. The molecule has 1 fully saturated rings. The first kappa shape index (κ1) is 18.5. The molecule has 2 aromatic rings. The molecular formula is C19H23ClN2O2. The minimum absolute atomic E-state index is 0. The molecule has 0 aliphatic carbocycles. The summed E-state index contributed by atoms with van der Waals surface area (Å²) in [5, 5.41) is 6.32. The average molecular weight is 347 g/mol. The van der Waals surface area contributed by atoms with Gasteiger partial charge >= 0.3 is 0 Å². The zero-order valence-electron chi connectivity index (χ0n) is 13.7. The summed E-state index contributed by atoms with van der Waals surface area (Å²) in [5.74, 6) is 0.498. The fraction of sp³-hybridized carbons (Fsp3) is 0.316. The van der Waals surface area contributed by atoms with Crippen molar-refractivity contribution in [2.24, 2.45) is 0 Å². The summed E-state index contributed by atoms with van der Waals surface area (Å²) in [5.41, 5.74) is 3.86. The van der Waals surface area contributed by atoms with Crippen LogP contribution in [0.5, 0.6) is 0 Å². The molecule has 1 atom stereocenters. The average Bonchev–Trinajstić information content (AvgIpc) is 3.11. The van der Waals surface area contributed by atoms with Crippen molar-refractivity contribution in [2.75, 3.05) is 25.5 Å². The Hall–Kier alpha value is -1.88. The minimum Gasteiger partial charge on any atom is -0.380 e. The topological polar surface area (TPSA) is 50.4 Å². The molecule has 128 valence electrons. The van der Waals surface area contributed by atoms with Gasteiger partial charge in [-0.05, 0) is 54.3 Å². The molecule has 1 heterocycles.